The lowest BCUT2D eigenvalue weighted by Crippen LogP contribution is -2.41. The van der Waals surface area contributed by atoms with Gasteiger partial charge in [0.05, 0.1) is 13.7 Å². The van der Waals surface area contributed by atoms with E-state index in [1.165, 1.54) is 7.11 Å². The Bertz CT molecular complexity index is 818. The van der Waals surface area contributed by atoms with E-state index in [0.29, 0.717) is 41.6 Å². The van der Waals surface area contributed by atoms with Crippen LogP contribution in [-0.4, -0.2) is 32.1 Å². The molecule has 2 rings (SSSR count). The van der Waals surface area contributed by atoms with Crippen molar-refractivity contribution in [2.75, 3.05) is 20.3 Å². The zero-order valence-corrected chi connectivity index (χ0v) is 16.0. The second kappa shape index (κ2) is 10.6. The summed E-state index contributed by atoms with van der Waals surface area (Å²) in [6.07, 6.45) is 2.49. The molecule has 148 valence electrons. The van der Waals surface area contributed by atoms with Crippen LogP contribution in [0.25, 0.3) is 0 Å². The van der Waals surface area contributed by atoms with Gasteiger partial charge in [-0.05, 0) is 48.9 Å². The summed E-state index contributed by atoms with van der Waals surface area (Å²) in [6, 6.07) is 11.3. The number of hydrogen-bond donors (Lipinski definition) is 2. The van der Waals surface area contributed by atoms with Gasteiger partial charge in [-0.2, -0.15) is 0 Å². The van der Waals surface area contributed by atoms with E-state index in [0.717, 1.165) is 6.42 Å². The van der Waals surface area contributed by atoms with Gasteiger partial charge in [0.1, 0.15) is 12.4 Å². The van der Waals surface area contributed by atoms with Crippen LogP contribution in [0.3, 0.4) is 0 Å². The number of benzene rings is 2. The van der Waals surface area contributed by atoms with Crippen molar-refractivity contribution in [3.63, 3.8) is 0 Å². The molecular formula is C21H24N2O5. The van der Waals surface area contributed by atoms with E-state index < -0.39 is 11.8 Å². The van der Waals surface area contributed by atoms with Crippen molar-refractivity contribution in [2.24, 2.45) is 0 Å². The summed E-state index contributed by atoms with van der Waals surface area (Å²) >= 11 is 0. The van der Waals surface area contributed by atoms with E-state index in [1.54, 1.807) is 48.5 Å². The summed E-state index contributed by atoms with van der Waals surface area (Å²) in [5.74, 6) is 0.710. The highest BCUT2D eigenvalue weighted by Gasteiger charge is 2.13. The number of methoxy groups -OCH3 is 1. The number of nitrogens with one attached hydrogen (secondary N) is 2. The van der Waals surface area contributed by atoms with Gasteiger partial charge >= 0.3 is 0 Å². The number of carbonyl (C=O) groups is 2. The third-order valence-electron chi connectivity index (χ3n) is 3.66. The number of amides is 2. The van der Waals surface area contributed by atoms with E-state index in [2.05, 4.69) is 17.4 Å². The van der Waals surface area contributed by atoms with Crippen LogP contribution in [0.2, 0.25) is 0 Å². The average Bonchev–Trinajstić information content (AvgIpc) is 2.74. The molecular weight excluding hydrogens is 360 g/mol. The third-order valence-corrected chi connectivity index (χ3v) is 3.66. The molecule has 7 nitrogen and oxygen atoms in total. The quantitative estimate of drug-likeness (QED) is 0.512. The number of hydrogen-bond acceptors (Lipinski definition) is 5. The molecule has 0 fully saturated rings. The number of rotatable bonds is 9. The molecule has 2 aromatic rings. The van der Waals surface area contributed by atoms with Gasteiger partial charge in [-0.3, -0.25) is 20.4 Å². The third kappa shape index (κ3) is 5.77. The first kappa shape index (κ1) is 20.8. The second-order valence-electron chi connectivity index (χ2n) is 5.75. The number of ether oxygens (including phenoxy) is 3. The van der Waals surface area contributed by atoms with Crippen molar-refractivity contribution < 1.29 is 23.8 Å². The first-order chi connectivity index (χ1) is 13.6. The molecule has 0 unspecified atom stereocenters. The van der Waals surface area contributed by atoms with Gasteiger partial charge in [0, 0.05) is 11.1 Å². The van der Waals surface area contributed by atoms with Crippen LogP contribution in [0, 0.1) is 0 Å². The molecule has 2 amide bonds. The monoisotopic (exact) mass is 384 g/mol. The normalized spacial score (nSPS) is 9.93. The largest absolute Gasteiger partial charge is 0.493 e. The summed E-state index contributed by atoms with van der Waals surface area (Å²) in [7, 11) is 1.50. The Morgan fingerprint density at radius 2 is 1.61 bits per heavy atom. The lowest BCUT2D eigenvalue weighted by molar-refractivity contribution is 0.0846. The van der Waals surface area contributed by atoms with E-state index >= 15 is 0 Å². The molecule has 0 bridgehead atoms. The Kier molecular flexibility index (Phi) is 7.90. The lowest BCUT2D eigenvalue weighted by atomic mass is 10.2. The zero-order chi connectivity index (χ0) is 20.4. The van der Waals surface area contributed by atoms with Crippen LogP contribution in [0.15, 0.2) is 55.1 Å². The van der Waals surface area contributed by atoms with Crippen LogP contribution in [0.5, 0.6) is 17.2 Å². The van der Waals surface area contributed by atoms with Gasteiger partial charge in [0.15, 0.2) is 11.5 Å². The SMILES string of the molecule is C=CCOc1ccc(C(=O)NNC(=O)c2ccc(OCCC)c(OC)c2)cc1. The van der Waals surface area contributed by atoms with Crippen LogP contribution in [0.1, 0.15) is 34.1 Å². The summed E-state index contributed by atoms with van der Waals surface area (Å²) < 4.78 is 16.2. The number of carbonyl (C=O) groups excluding carboxylic acids is 2. The fourth-order valence-electron chi connectivity index (χ4n) is 2.26. The van der Waals surface area contributed by atoms with Crippen molar-refractivity contribution in [3.05, 3.63) is 66.2 Å². The highest BCUT2D eigenvalue weighted by molar-refractivity contribution is 5.99. The molecule has 0 heterocycles. The Balaban J connectivity index is 1.95. The van der Waals surface area contributed by atoms with Gasteiger partial charge in [-0.25, -0.2) is 0 Å². The molecule has 0 spiro atoms. The molecule has 0 aromatic heterocycles. The molecule has 0 aliphatic rings. The van der Waals surface area contributed by atoms with E-state index in [1.807, 2.05) is 6.92 Å². The predicted molar refractivity (Wildman–Crippen MR) is 106 cm³/mol. The van der Waals surface area contributed by atoms with Crippen molar-refractivity contribution in [3.8, 4) is 17.2 Å². The molecule has 0 saturated carbocycles. The molecule has 0 atom stereocenters. The molecule has 2 N–H and O–H groups in total. The lowest BCUT2D eigenvalue weighted by Gasteiger charge is -2.12. The molecule has 0 radical (unpaired) electrons. The summed E-state index contributed by atoms with van der Waals surface area (Å²) in [6.45, 7) is 6.50. The molecule has 28 heavy (non-hydrogen) atoms. The standard InChI is InChI=1S/C21H24N2O5/c1-4-12-27-17-9-6-15(7-10-17)20(24)22-23-21(25)16-8-11-18(28-13-5-2)19(14-16)26-3/h4,6-11,14H,1,5,12-13H2,2-3H3,(H,22,24)(H,23,25). The van der Waals surface area contributed by atoms with Gasteiger partial charge in [0.25, 0.3) is 11.8 Å². The van der Waals surface area contributed by atoms with Crippen LogP contribution < -0.4 is 25.1 Å². The number of hydrazine groups is 1. The van der Waals surface area contributed by atoms with Gasteiger partial charge < -0.3 is 14.2 Å². The van der Waals surface area contributed by atoms with Crippen molar-refractivity contribution in [1.29, 1.82) is 0 Å². The van der Waals surface area contributed by atoms with Crippen molar-refractivity contribution >= 4 is 11.8 Å². The molecule has 2 aromatic carbocycles. The molecule has 0 aliphatic heterocycles. The minimum absolute atomic E-state index is 0.328. The predicted octanol–water partition coefficient (Wildman–Crippen LogP) is 3.12. The fourth-order valence-corrected chi connectivity index (χ4v) is 2.26. The van der Waals surface area contributed by atoms with Crippen LogP contribution in [-0.2, 0) is 0 Å². The maximum absolute atomic E-state index is 12.3. The van der Waals surface area contributed by atoms with E-state index in [9.17, 15) is 9.59 Å². The van der Waals surface area contributed by atoms with Crippen LogP contribution in [0.4, 0.5) is 0 Å². The second-order valence-corrected chi connectivity index (χ2v) is 5.75. The highest BCUT2D eigenvalue weighted by Crippen LogP contribution is 2.28. The van der Waals surface area contributed by atoms with Crippen molar-refractivity contribution in [1.82, 2.24) is 10.9 Å². The summed E-state index contributed by atoms with van der Waals surface area (Å²) in [4.78, 5) is 24.5. The maximum atomic E-state index is 12.3. The Hall–Kier alpha value is -3.48. The fraction of sp³-hybridized carbons (Fsp3) is 0.238. The average molecular weight is 384 g/mol. The highest BCUT2D eigenvalue weighted by atomic mass is 16.5. The minimum Gasteiger partial charge on any atom is -0.493 e. The van der Waals surface area contributed by atoms with Gasteiger partial charge in [0.2, 0.25) is 0 Å². The molecule has 0 aliphatic carbocycles. The van der Waals surface area contributed by atoms with Crippen molar-refractivity contribution in [2.45, 2.75) is 13.3 Å². The first-order valence-corrected chi connectivity index (χ1v) is 8.84. The summed E-state index contributed by atoms with van der Waals surface area (Å²) in [5.41, 5.74) is 5.47. The smallest absolute Gasteiger partial charge is 0.269 e. The summed E-state index contributed by atoms with van der Waals surface area (Å²) in [5, 5.41) is 0. The van der Waals surface area contributed by atoms with Gasteiger partial charge in [-0.15, -0.1) is 0 Å². The van der Waals surface area contributed by atoms with E-state index in [-0.39, 0.29) is 0 Å². The Morgan fingerprint density at radius 1 is 0.964 bits per heavy atom. The Labute approximate surface area is 164 Å². The molecule has 7 heteroatoms. The zero-order valence-electron chi connectivity index (χ0n) is 16.0. The minimum atomic E-state index is -0.473. The van der Waals surface area contributed by atoms with E-state index in [4.69, 9.17) is 14.2 Å². The molecule has 0 saturated heterocycles. The van der Waals surface area contributed by atoms with Gasteiger partial charge in [-0.1, -0.05) is 19.6 Å². The van der Waals surface area contributed by atoms with Crippen LogP contribution >= 0.6 is 0 Å². The topological polar surface area (TPSA) is 85.9 Å². The first-order valence-electron chi connectivity index (χ1n) is 8.84. The Morgan fingerprint density at radius 3 is 2.21 bits per heavy atom. The maximum Gasteiger partial charge on any atom is 0.269 e.